The van der Waals surface area contributed by atoms with Crippen LogP contribution in [0.15, 0.2) is 18.2 Å². The van der Waals surface area contributed by atoms with Crippen LogP contribution in [0.4, 0.5) is 4.39 Å². The molecule has 2 aliphatic rings. The minimum atomic E-state index is -0.525. The molecular weight excluding hydrogens is 277 g/mol. The molecule has 20 heavy (non-hydrogen) atoms. The Balaban J connectivity index is 1.75. The molecule has 1 aromatic carbocycles. The predicted octanol–water partition coefficient (Wildman–Crippen LogP) is 3.13. The van der Waals surface area contributed by atoms with Gasteiger partial charge >= 0.3 is 0 Å². The molecule has 0 aliphatic carbocycles. The second kappa shape index (κ2) is 5.63. The van der Waals surface area contributed by atoms with E-state index in [9.17, 15) is 4.39 Å². The number of ether oxygens (including phenoxy) is 2. The van der Waals surface area contributed by atoms with Crippen molar-refractivity contribution in [3.8, 4) is 11.8 Å². The molecule has 2 unspecified atom stereocenters. The monoisotopic (exact) mass is 293 g/mol. The molecule has 0 N–H and O–H groups in total. The third kappa shape index (κ3) is 2.63. The summed E-state index contributed by atoms with van der Waals surface area (Å²) in [5, 5.41) is 9.04. The van der Waals surface area contributed by atoms with E-state index in [0.29, 0.717) is 12.4 Å². The standard InChI is InChI=1S/C15H16FNO2S/c16-13-2-1-3-14(12(13)9-17)19-11-4-6-18-15(8-11)5-7-20-10-15/h1-3,11H,4-8,10H2. The molecule has 106 valence electrons. The number of hydrogen-bond donors (Lipinski definition) is 0. The molecule has 1 spiro atoms. The highest BCUT2D eigenvalue weighted by molar-refractivity contribution is 7.99. The summed E-state index contributed by atoms with van der Waals surface area (Å²) >= 11 is 1.90. The molecular formula is C15H16FNO2S. The number of nitriles is 1. The lowest BCUT2D eigenvalue weighted by Crippen LogP contribution is -2.43. The number of rotatable bonds is 2. The lowest BCUT2D eigenvalue weighted by Gasteiger charge is -2.37. The van der Waals surface area contributed by atoms with E-state index in [-0.39, 0.29) is 17.3 Å². The van der Waals surface area contributed by atoms with Crippen molar-refractivity contribution < 1.29 is 13.9 Å². The van der Waals surface area contributed by atoms with Gasteiger partial charge in [-0.1, -0.05) is 6.07 Å². The topological polar surface area (TPSA) is 42.2 Å². The normalized spacial score (nSPS) is 29.3. The van der Waals surface area contributed by atoms with Gasteiger partial charge in [-0.25, -0.2) is 4.39 Å². The number of hydrogen-bond acceptors (Lipinski definition) is 4. The molecule has 2 fully saturated rings. The van der Waals surface area contributed by atoms with Gasteiger partial charge in [0.25, 0.3) is 0 Å². The highest BCUT2D eigenvalue weighted by atomic mass is 32.2. The van der Waals surface area contributed by atoms with Crippen molar-refractivity contribution in [3.05, 3.63) is 29.6 Å². The number of halogens is 1. The molecule has 3 rings (SSSR count). The maximum Gasteiger partial charge on any atom is 0.144 e. The Kier molecular flexibility index (Phi) is 3.86. The smallest absolute Gasteiger partial charge is 0.144 e. The van der Waals surface area contributed by atoms with Crippen LogP contribution in [-0.2, 0) is 4.74 Å². The molecule has 5 heteroatoms. The molecule has 2 aliphatic heterocycles. The second-order valence-corrected chi connectivity index (χ2v) is 6.40. The zero-order valence-electron chi connectivity index (χ0n) is 11.1. The van der Waals surface area contributed by atoms with Crippen molar-refractivity contribution in [2.45, 2.75) is 31.0 Å². The van der Waals surface area contributed by atoms with E-state index in [1.165, 1.54) is 6.07 Å². The van der Waals surface area contributed by atoms with Crippen LogP contribution in [0.1, 0.15) is 24.8 Å². The zero-order valence-corrected chi connectivity index (χ0v) is 11.9. The summed E-state index contributed by atoms with van der Waals surface area (Å²) in [6, 6.07) is 6.40. The summed E-state index contributed by atoms with van der Waals surface area (Å²) in [4.78, 5) is 0. The maximum atomic E-state index is 13.6. The van der Waals surface area contributed by atoms with Crippen LogP contribution in [0.5, 0.6) is 5.75 Å². The Bertz CT molecular complexity index is 537. The van der Waals surface area contributed by atoms with Crippen molar-refractivity contribution in [2.75, 3.05) is 18.1 Å². The van der Waals surface area contributed by atoms with Gasteiger partial charge in [-0.05, 0) is 24.3 Å². The van der Waals surface area contributed by atoms with Crippen LogP contribution in [0.2, 0.25) is 0 Å². The Morgan fingerprint density at radius 3 is 3.15 bits per heavy atom. The van der Waals surface area contributed by atoms with Crippen LogP contribution in [0, 0.1) is 17.1 Å². The van der Waals surface area contributed by atoms with Gasteiger partial charge in [-0.3, -0.25) is 0 Å². The molecule has 0 saturated carbocycles. The van der Waals surface area contributed by atoms with Gasteiger partial charge in [0.05, 0.1) is 12.2 Å². The van der Waals surface area contributed by atoms with Crippen molar-refractivity contribution in [2.24, 2.45) is 0 Å². The van der Waals surface area contributed by atoms with E-state index in [4.69, 9.17) is 14.7 Å². The highest BCUT2D eigenvalue weighted by Crippen LogP contribution is 2.39. The summed E-state index contributed by atoms with van der Waals surface area (Å²) in [6.45, 7) is 0.669. The van der Waals surface area contributed by atoms with Gasteiger partial charge in [-0.2, -0.15) is 17.0 Å². The maximum absolute atomic E-state index is 13.6. The summed E-state index contributed by atoms with van der Waals surface area (Å²) in [5.41, 5.74) is -0.0814. The van der Waals surface area contributed by atoms with Crippen molar-refractivity contribution in [1.82, 2.24) is 0 Å². The van der Waals surface area contributed by atoms with Crippen molar-refractivity contribution in [3.63, 3.8) is 0 Å². The van der Waals surface area contributed by atoms with Crippen LogP contribution >= 0.6 is 11.8 Å². The Hall–Kier alpha value is -1.25. The average molecular weight is 293 g/mol. The summed E-state index contributed by atoms with van der Waals surface area (Å²) in [5.74, 6) is 1.94. The molecule has 0 bridgehead atoms. The Morgan fingerprint density at radius 1 is 1.50 bits per heavy atom. The minimum absolute atomic E-state index is 0.00338. The first-order valence-corrected chi connectivity index (χ1v) is 7.95. The molecule has 1 aromatic rings. The Labute approximate surface area is 122 Å². The fourth-order valence-electron chi connectivity index (χ4n) is 2.84. The van der Waals surface area contributed by atoms with Crippen LogP contribution in [0.25, 0.3) is 0 Å². The summed E-state index contributed by atoms with van der Waals surface area (Å²) in [7, 11) is 0. The largest absolute Gasteiger partial charge is 0.489 e. The predicted molar refractivity (Wildman–Crippen MR) is 75.4 cm³/mol. The number of benzene rings is 1. The lowest BCUT2D eigenvalue weighted by atomic mass is 9.91. The minimum Gasteiger partial charge on any atom is -0.489 e. The zero-order chi connectivity index (χ0) is 14.0. The first-order chi connectivity index (χ1) is 9.72. The van der Waals surface area contributed by atoms with Crippen LogP contribution in [0.3, 0.4) is 0 Å². The lowest BCUT2D eigenvalue weighted by molar-refractivity contribution is -0.0959. The summed E-state index contributed by atoms with van der Waals surface area (Å²) in [6.07, 6.45) is 2.65. The van der Waals surface area contributed by atoms with Gasteiger partial charge in [0.1, 0.15) is 29.3 Å². The van der Waals surface area contributed by atoms with E-state index in [1.807, 2.05) is 17.8 Å². The van der Waals surface area contributed by atoms with E-state index in [2.05, 4.69) is 0 Å². The SMILES string of the molecule is N#Cc1c(F)cccc1OC1CCOC2(CCSC2)C1. The van der Waals surface area contributed by atoms with Gasteiger partial charge in [0, 0.05) is 18.6 Å². The van der Waals surface area contributed by atoms with E-state index in [1.54, 1.807) is 12.1 Å². The fraction of sp³-hybridized carbons (Fsp3) is 0.533. The van der Waals surface area contributed by atoms with Crippen LogP contribution in [-0.4, -0.2) is 29.8 Å². The first kappa shape index (κ1) is 13.7. The third-order valence-electron chi connectivity index (χ3n) is 3.90. The van der Waals surface area contributed by atoms with Gasteiger partial charge in [0.2, 0.25) is 0 Å². The summed E-state index contributed by atoms with van der Waals surface area (Å²) < 4.78 is 25.4. The molecule has 0 amide bonds. The van der Waals surface area contributed by atoms with Crippen molar-refractivity contribution >= 4 is 11.8 Å². The number of nitrogens with zero attached hydrogens (tertiary/aromatic N) is 1. The fourth-order valence-corrected chi connectivity index (χ4v) is 4.22. The van der Waals surface area contributed by atoms with Gasteiger partial charge in [0.15, 0.2) is 0 Å². The van der Waals surface area contributed by atoms with E-state index in [0.717, 1.165) is 30.8 Å². The Morgan fingerprint density at radius 2 is 2.40 bits per heavy atom. The molecule has 2 heterocycles. The molecule has 0 aromatic heterocycles. The van der Waals surface area contributed by atoms with E-state index >= 15 is 0 Å². The average Bonchev–Trinajstić information content (AvgIpc) is 2.87. The molecule has 2 atom stereocenters. The third-order valence-corrected chi connectivity index (χ3v) is 5.12. The quantitative estimate of drug-likeness (QED) is 0.840. The second-order valence-electron chi connectivity index (χ2n) is 5.29. The highest BCUT2D eigenvalue weighted by Gasteiger charge is 2.41. The van der Waals surface area contributed by atoms with Crippen LogP contribution < -0.4 is 4.74 Å². The molecule has 3 nitrogen and oxygen atoms in total. The van der Waals surface area contributed by atoms with Gasteiger partial charge in [-0.15, -0.1) is 0 Å². The van der Waals surface area contributed by atoms with Crippen molar-refractivity contribution in [1.29, 1.82) is 5.26 Å². The first-order valence-electron chi connectivity index (χ1n) is 6.79. The number of thioether (sulfide) groups is 1. The van der Waals surface area contributed by atoms with Gasteiger partial charge < -0.3 is 9.47 Å². The molecule has 2 saturated heterocycles. The van der Waals surface area contributed by atoms with E-state index < -0.39 is 5.82 Å². The molecule has 0 radical (unpaired) electrons.